The van der Waals surface area contributed by atoms with Crippen molar-refractivity contribution in [3.63, 3.8) is 0 Å². The summed E-state index contributed by atoms with van der Waals surface area (Å²) in [5, 5.41) is 13.8. The molecule has 1 aromatic carbocycles. The minimum absolute atomic E-state index is 0.150. The fourth-order valence-corrected chi connectivity index (χ4v) is 3.07. The average molecular weight is 396 g/mol. The maximum absolute atomic E-state index is 12.3. The van der Waals surface area contributed by atoms with Gasteiger partial charge in [0, 0.05) is 19.1 Å². The summed E-state index contributed by atoms with van der Waals surface area (Å²) < 4.78 is 38.4. The summed E-state index contributed by atoms with van der Waals surface area (Å²) in [4.78, 5) is 25.0. The Morgan fingerprint density at radius 3 is 2.39 bits per heavy atom. The van der Waals surface area contributed by atoms with E-state index in [1.165, 1.54) is 15.9 Å². The van der Waals surface area contributed by atoms with Crippen LogP contribution in [0, 0.1) is 0 Å². The van der Waals surface area contributed by atoms with Crippen molar-refractivity contribution >= 4 is 11.8 Å². The van der Waals surface area contributed by atoms with Crippen LogP contribution in [-0.2, 0) is 16.0 Å². The molecule has 1 aliphatic rings. The van der Waals surface area contributed by atoms with Crippen LogP contribution < -0.4 is 5.32 Å². The van der Waals surface area contributed by atoms with E-state index in [2.05, 4.69) is 20.8 Å². The number of aromatic nitrogens is 4. The molecule has 0 aliphatic carbocycles. The minimum Gasteiger partial charge on any atom is -0.353 e. The molecule has 0 bridgehead atoms. The lowest BCUT2D eigenvalue weighted by Crippen LogP contribution is -2.47. The highest BCUT2D eigenvalue weighted by molar-refractivity contribution is 5.79. The second-order valence-electron chi connectivity index (χ2n) is 6.61. The van der Waals surface area contributed by atoms with Crippen LogP contribution >= 0.6 is 0 Å². The molecule has 2 heterocycles. The molecule has 8 nitrogen and oxygen atoms in total. The summed E-state index contributed by atoms with van der Waals surface area (Å²) in [6.45, 7) is 0.418. The Kier molecular flexibility index (Phi) is 5.90. The molecule has 1 fully saturated rings. The van der Waals surface area contributed by atoms with Gasteiger partial charge in [-0.25, -0.2) is 4.68 Å². The third kappa shape index (κ3) is 5.51. The first kappa shape index (κ1) is 19.8. The Balaban J connectivity index is 1.44. The van der Waals surface area contributed by atoms with Crippen LogP contribution in [0.25, 0.3) is 5.69 Å². The summed E-state index contributed by atoms with van der Waals surface area (Å²) in [5.74, 6) is -1.09. The Morgan fingerprint density at radius 2 is 1.82 bits per heavy atom. The summed E-state index contributed by atoms with van der Waals surface area (Å²) in [6, 6.07) is 7.04. The van der Waals surface area contributed by atoms with Gasteiger partial charge in [-0.3, -0.25) is 9.59 Å². The van der Waals surface area contributed by atoms with Gasteiger partial charge in [-0.05, 0) is 41.0 Å². The number of alkyl halides is 3. The number of hydrogen-bond acceptors (Lipinski definition) is 5. The van der Waals surface area contributed by atoms with E-state index in [1.54, 1.807) is 24.3 Å². The highest BCUT2D eigenvalue weighted by atomic mass is 19.4. The molecule has 1 aliphatic heterocycles. The Bertz CT molecular complexity index is 799. The van der Waals surface area contributed by atoms with Gasteiger partial charge < -0.3 is 10.2 Å². The molecule has 0 saturated carbocycles. The summed E-state index contributed by atoms with van der Waals surface area (Å²) >= 11 is 0. The second kappa shape index (κ2) is 8.36. The summed E-state index contributed by atoms with van der Waals surface area (Å²) in [6.07, 6.45) is -3.41. The van der Waals surface area contributed by atoms with E-state index in [4.69, 9.17) is 0 Å². The molecule has 0 unspecified atom stereocenters. The van der Waals surface area contributed by atoms with Crippen LogP contribution in [-0.4, -0.2) is 62.2 Å². The molecule has 1 saturated heterocycles. The zero-order valence-corrected chi connectivity index (χ0v) is 14.9. The zero-order valence-electron chi connectivity index (χ0n) is 14.9. The van der Waals surface area contributed by atoms with Crippen LogP contribution in [0.2, 0.25) is 0 Å². The number of piperidine rings is 1. The maximum Gasteiger partial charge on any atom is 0.397 e. The maximum atomic E-state index is 12.3. The fourth-order valence-electron chi connectivity index (χ4n) is 3.07. The van der Waals surface area contributed by atoms with Crippen molar-refractivity contribution in [3.05, 3.63) is 36.2 Å². The monoisotopic (exact) mass is 396 g/mol. The van der Waals surface area contributed by atoms with Gasteiger partial charge in [0.25, 0.3) is 0 Å². The van der Waals surface area contributed by atoms with Gasteiger partial charge in [0.15, 0.2) is 0 Å². The van der Waals surface area contributed by atoms with Crippen LogP contribution in [0.5, 0.6) is 0 Å². The minimum atomic E-state index is -4.50. The number of rotatable bonds is 5. The highest BCUT2D eigenvalue weighted by Gasteiger charge is 2.34. The van der Waals surface area contributed by atoms with Gasteiger partial charge in [-0.2, -0.15) is 13.2 Å². The predicted molar refractivity (Wildman–Crippen MR) is 91.3 cm³/mol. The van der Waals surface area contributed by atoms with Gasteiger partial charge in [0.2, 0.25) is 11.8 Å². The topological polar surface area (TPSA) is 93.0 Å². The van der Waals surface area contributed by atoms with Crippen molar-refractivity contribution in [1.29, 1.82) is 0 Å². The van der Waals surface area contributed by atoms with Crippen LogP contribution in [0.1, 0.15) is 24.8 Å². The van der Waals surface area contributed by atoms with Gasteiger partial charge >= 0.3 is 6.18 Å². The second-order valence-corrected chi connectivity index (χ2v) is 6.61. The summed E-state index contributed by atoms with van der Waals surface area (Å²) in [7, 11) is 0. The van der Waals surface area contributed by atoms with E-state index in [1.807, 2.05) is 0 Å². The molecule has 0 spiro atoms. The van der Waals surface area contributed by atoms with Crippen LogP contribution in [0.4, 0.5) is 13.2 Å². The fraction of sp³-hybridized carbons (Fsp3) is 0.471. The average Bonchev–Trinajstić information content (AvgIpc) is 3.16. The van der Waals surface area contributed by atoms with Crippen LogP contribution in [0.15, 0.2) is 30.6 Å². The van der Waals surface area contributed by atoms with Crippen molar-refractivity contribution in [2.45, 2.75) is 37.9 Å². The normalized spacial score (nSPS) is 15.5. The van der Waals surface area contributed by atoms with E-state index in [9.17, 15) is 22.8 Å². The largest absolute Gasteiger partial charge is 0.397 e. The van der Waals surface area contributed by atoms with Crippen molar-refractivity contribution < 1.29 is 22.8 Å². The first-order valence-electron chi connectivity index (χ1n) is 8.76. The van der Waals surface area contributed by atoms with Crippen molar-refractivity contribution in [2.24, 2.45) is 0 Å². The SMILES string of the molecule is O=C(Cc1ccc(-n2cnnn2)cc1)NC1CCN(C(=O)CC(F)(F)F)CC1. The van der Waals surface area contributed by atoms with Gasteiger partial charge in [0.05, 0.1) is 12.1 Å². The molecule has 1 aromatic heterocycles. The molecule has 150 valence electrons. The molecule has 28 heavy (non-hydrogen) atoms. The van der Waals surface area contributed by atoms with E-state index in [-0.39, 0.29) is 31.5 Å². The first-order valence-corrected chi connectivity index (χ1v) is 8.76. The van der Waals surface area contributed by atoms with Gasteiger partial charge in [-0.15, -0.1) is 5.10 Å². The number of hydrogen-bond donors (Lipinski definition) is 1. The van der Waals surface area contributed by atoms with E-state index in [0.717, 1.165) is 11.3 Å². The van der Waals surface area contributed by atoms with Crippen molar-refractivity contribution in [3.8, 4) is 5.69 Å². The molecule has 0 radical (unpaired) electrons. The number of nitrogens with one attached hydrogen (secondary N) is 1. The highest BCUT2D eigenvalue weighted by Crippen LogP contribution is 2.22. The number of nitrogens with zero attached hydrogens (tertiary/aromatic N) is 5. The number of carbonyl (C=O) groups excluding carboxylic acids is 2. The Labute approximate surface area is 158 Å². The van der Waals surface area contributed by atoms with Crippen LogP contribution in [0.3, 0.4) is 0 Å². The molecular weight excluding hydrogens is 377 g/mol. The van der Waals surface area contributed by atoms with E-state index < -0.39 is 18.5 Å². The standard InChI is InChI=1S/C17H19F3N6O2/c18-17(19,20)10-16(28)25-7-5-13(6-8-25)22-15(27)9-12-1-3-14(4-2-12)26-11-21-23-24-26/h1-4,11,13H,5-10H2,(H,22,27). The summed E-state index contributed by atoms with van der Waals surface area (Å²) in [5.41, 5.74) is 1.58. The molecule has 2 aromatic rings. The molecule has 3 rings (SSSR count). The number of carbonyl (C=O) groups is 2. The number of amides is 2. The molecule has 0 atom stereocenters. The van der Waals surface area contributed by atoms with Gasteiger partial charge in [-0.1, -0.05) is 12.1 Å². The van der Waals surface area contributed by atoms with E-state index >= 15 is 0 Å². The Morgan fingerprint density at radius 1 is 1.14 bits per heavy atom. The number of likely N-dealkylation sites (tertiary alicyclic amines) is 1. The third-order valence-corrected chi connectivity index (χ3v) is 4.48. The lowest BCUT2D eigenvalue weighted by atomic mass is 10.0. The molecular formula is C17H19F3N6O2. The van der Waals surface area contributed by atoms with E-state index in [0.29, 0.717) is 12.8 Å². The zero-order chi connectivity index (χ0) is 20.1. The quantitative estimate of drug-likeness (QED) is 0.822. The Hall–Kier alpha value is -2.98. The van der Waals surface area contributed by atoms with Crippen molar-refractivity contribution in [1.82, 2.24) is 30.4 Å². The van der Waals surface area contributed by atoms with Crippen molar-refractivity contribution in [2.75, 3.05) is 13.1 Å². The number of halogens is 3. The lowest BCUT2D eigenvalue weighted by Gasteiger charge is -2.32. The smallest absolute Gasteiger partial charge is 0.353 e. The molecule has 1 N–H and O–H groups in total. The lowest BCUT2D eigenvalue weighted by molar-refractivity contribution is -0.162. The molecule has 11 heteroatoms. The number of benzene rings is 1. The first-order chi connectivity index (χ1) is 13.3. The third-order valence-electron chi connectivity index (χ3n) is 4.48. The molecule has 2 amide bonds. The van der Waals surface area contributed by atoms with Gasteiger partial charge in [0.1, 0.15) is 12.7 Å². The number of tetrazole rings is 1. The predicted octanol–water partition coefficient (Wildman–Crippen LogP) is 1.26.